The molecule has 0 bridgehead atoms. The molecule has 1 N–H and O–H groups in total. The van der Waals surface area contributed by atoms with Gasteiger partial charge in [0, 0.05) is 5.56 Å². The zero-order valence-corrected chi connectivity index (χ0v) is 13.9. The minimum Gasteiger partial charge on any atom is -0.467 e. The molecule has 6 nitrogen and oxygen atoms in total. The molecular weight excluding hydrogens is 363 g/mol. The highest BCUT2D eigenvalue weighted by Gasteiger charge is 2.35. The zero-order valence-electron chi connectivity index (χ0n) is 13.9. The van der Waals surface area contributed by atoms with Crippen LogP contribution in [0, 0.1) is 0 Å². The number of carbonyl (C=O) groups excluding carboxylic acids is 1. The molecule has 27 heavy (non-hydrogen) atoms. The predicted molar refractivity (Wildman–Crippen MR) is 89.5 cm³/mol. The largest absolute Gasteiger partial charge is 0.467 e. The van der Waals surface area contributed by atoms with E-state index in [1.54, 1.807) is 42.5 Å². The van der Waals surface area contributed by atoms with Crippen LogP contribution < -0.4 is 10.9 Å². The molecule has 0 atom stereocenters. The summed E-state index contributed by atoms with van der Waals surface area (Å²) in [4.78, 5) is 24.2. The van der Waals surface area contributed by atoms with Crippen molar-refractivity contribution in [2.75, 3.05) is 0 Å². The molecule has 3 rings (SSSR count). The maximum absolute atomic E-state index is 13.2. The predicted octanol–water partition coefficient (Wildman–Crippen LogP) is 2.84. The van der Waals surface area contributed by atoms with E-state index >= 15 is 0 Å². The SMILES string of the molecule is O=C(Cn1nc(-c2ccccc2)cc(C(F)(F)F)c1=O)NCc1ccco1. The lowest BCUT2D eigenvalue weighted by Gasteiger charge is -2.12. The minimum atomic E-state index is -4.87. The van der Waals surface area contributed by atoms with Crippen molar-refractivity contribution in [2.45, 2.75) is 19.3 Å². The average molecular weight is 377 g/mol. The molecule has 0 saturated carbocycles. The van der Waals surface area contributed by atoms with Gasteiger partial charge in [0.05, 0.1) is 18.5 Å². The van der Waals surface area contributed by atoms with Gasteiger partial charge in [-0.05, 0) is 18.2 Å². The number of alkyl halides is 3. The first-order valence-electron chi connectivity index (χ1n) is 7.88. The fourth-order valence-corrected chi connectivity index (χ4v) is 2.39. The summed E-state index contributed by atoms with van der Waals surface area (Å²) in [5.74, 6) is -0.197. The van der Waals surface area contributed by atoms with Gasteiger partial charge in [-0.25, -0.2) is 4.68 Å². The lowest BCUT2D eigenvalue weighted by molar-refractivity contribution is -0.139. The molecule has 0 unspecified atom stereocenters. The third-order valence-corrected chi connectivity index (χ3v) is 3.68. The number of rotatable bonds is 5. The van der Waals surface area contributed by atoms with Gasteiger partial charge in [0.15, 0.2) is 0 Å². The molecule has 2 aromatic heterocycles. The summed E-state index contributed by atoms with van der Waals surface area (Å²) in [5, 5.41) is 6.39. The van der Waals surface area contributed by atoms with E-state index in [0.717, 1.165) is 0 Å². The molecular formula is C18H14F3N3O3. The van der Waals surface area contributed by atoms with Crippen LogP contribution in [0.1, 0.15) is 11.3 Å². The van der Waals surface area contributed by atoms with Crippen LogP contribution in [0.25, 0.3) is 11.3 Å². The molecule has 0 fully saturated rings. The molecule has 2 heterocycles. The Morgan fingerprint density at radius 3 is 2.52 bits per heavy atom. The fraction of sp³-hybridized carbons (Fsp3) is 0.167. The highest BCUT2D eigenvalue weighted by molar-refractivity contribution is 5.75. The van der Waals surface area contributed by atoms with Gasteiger partial charge in [-0.1, -0.05) is 30.3 Å². The molecule has 0 spiro atoms. The number of carbonyl (C=O) groups is 1. The second-order valence-electron chi connectivity index (χ2n) is 5.63. The van der Waals surface area contributed by atoms with E-state index < -0.39 is 29.8 Å². The van der Waals surface area contributed by atoms with Gasteiger partial charge in [-0.15, -0.1) is 0 Å². The Balaban J connectivity index is 1.91. The number of hydrogen-bond acceptors (Lipinski definition) is 4. The van der Waals surface area contributed by atoms with Crippen LogP contribution >= 0.6 is 0 Å². The van der Waals surface area contributed by atoms with E-state index in [4.69, 9.17) is 4.42 Å². The van der Waals surface area contributed by atoms with Crippen LogP contribution in [-0.4, -0.2) is 15.7 Å². The van der Waals surface area contributed by atoms with Crippen molar-refractivity contribution in [1.29, 1.82) is 0 Å². The molecule has 9 heteroatoms. The molecule has 0 aliphatic carbocycles. The quantitative estimate of drug-likeness (QED) is 0.742. The van der Waals surface area contributed by atoms with Crippen LogP contribution in [0.4, 0.5) is 13.2 Å². The number of benzene rings is 1. The first-order chi connectivity index (χ1) is 12.8. The number of furan rings is 1. The highest BCUT2D eigenvalue weighted by Crippen LogP contribution is 2.28. The van der Waals surface area contributed by atoms with Gasteiger partial charge in [-0.3, -0.25) is 9.59 Å². The smallest absolute Gasteiger partial charge is 0.421 e. The van der Waals surface area contributed by atoms with Crippen molar-refractivity contribution >= 4 is 5.91 Å². The lowest BCUT2D eigenvalue weighted by atomic mass is 10.1. The normalized spacial score (nSPS) is 11.4. The Kier molecular flexibility index (Phi) is 5.11. The third-order valence-electron chi connectivity index (χ3n) is 3.68. The Morgan fingerprint density at radius 1 is 1.15 bits per heavy atom. The molecule has 3 aromatic rings. The van der Waals surface area contributed by atoms with Crippen LogP contribution in [0.5, 0.6) is 0 Å². The highest BCUT2D eigenvalue weighted by atomic mass is 19.4. The minimum absolute atomic E-state index is 0.0467. The summed E-state index contributed by atoms with van der Waals surface area (Å²) >= 11 is 0. The lowest BCUT2D eigenvalue weighted by Crippen LogP contribution is -2.36. The summed E-state index contributed by atoms with van der Waals surface area (Å²) in [6.07, 6.45) is -3.44. The number of aromatic nitrogens is 2. The van der Waals surface area contributed by atoms with E-state index in [1.165, 1.54) is 6.26 Å². The summed E-state index contributed by atoms with van der Waals surface area (Å²) < 4.78 is 45.3. The Morgan fingerprint density at radius 2 is 1.89 bits per heavy atom. The van der Waals surface area contributed by atoms with Crippen LogP contribution in [0.15, 0.2) is 64.0 Å². The maximum Gasteiger partial charge on any atom is 0.421 e. The second kappa shape index (κ2) is 7.48. The van der Waals surface area contributed by atoms with Crippen molar-refractivity contribution in [2.24, 2.45) is 0 Å². The molecule has 0 aliphatic rings. The molecule has 0 saturated heterocycles. The van der Waals surface area contributed by atoms with Crippen molar-refractivity contribution in [3.8, 4) is 11.3 Å². The first kappa shape index (κ1) is 18.4. The van der Waals surface area contributed by atoms with E-state index in [2.05, 4.69) is 10.4 Å². The molecule has 0 radical (unpaired) electrons. The van der Waals surface area contributed by atoms with Gasteiger partial charge in [0.1, 0.15) is 17.9 Å². The summed E-state index contributed by atoms with van der Waals surface area (Å²) in [5.41, 5.74) is -2.42. The van der Waals surface area contributed by atoms with E-state index in [-0.39, 0.29) is 12.2 Å². The zero-order chi connectivity index (χ0) is 19.4. The fourth-order valence-electron chi connectivity index (χ4n) is 2.39. The van der Waals surface area contributed by atoms with Gasteiger partial charge in [0.2, 0.25) is 5.91 Å². The Bertz CT molecular complexity index is 981. The molecule has 0 aliphatic heterocycles. The number of halogens is 3. The number of nitrogens with one attached hydrogen (secondary N) is 1. The summed E-state index contributed by atoms with van der Waals surface area (Å²) in [6, 6.07) is 12.0. The molecule has 1 aromatic carbocycles. The van der Waals surface area contributed by atoms with Gasteiger partial charge in [0.25, 0.3) is 5.56 Å². The van der Waals surface area contributed by atoms with Crippen molar-refractivity contribution < 1.29 is 22.4 Å². The maximum atomic E-state index is 13.2. The van der Waals surface area contributed by atoms with E-state index in [0.29, 0.717) is 22.1 Å². The molecule has 140 valence electrons. The number of amides is 1. The average Bonchev–Trinajstić information content (AvgIpc) is 3.15. The summed E-state index contributed by atoms with van der Waals surface area (Å²) in [6.45, 7) is -0.603. The van der Waals surface area contributed by atoms with Gasteiger partial charge >= 0.3 is 6.18 Å². The van der Waals surface area contributed by atoms with E-state index in [9.17, 15) is 22.8 Å². The standard InChI is InChI=1S/C18H14F3N3O3/c19-18(20,21)14-9-15(12-5-2-1-3-6-12)23-24(17(14)26)11-16(25)22-10-13-7-4-8-27-13/h1-9H,10-11H2,(H,22,25). The second-order valence-corrected chi connectivity index (χ2v) is 5.63. The van der Waals surface area contributed by atoms with Crippen molar-refractivity contribution in [1.82, 2.24) is 15.1 Å². The topological polar surface area (TPSA) is 77.1 Å². The third kappa shape index (κ3) is 4.43. The Labute approximate surface area is 151 Å². The van der Waals surface area contributed by atoms with Gasteiger partial charge in [-0.2, -0.15) is 18.3 Å². The molecule has 1 amide bonds. The number of hydrogen-bond donors (Lipinski definition) is 1. The van der Waals surface area contributed by atoms with Crippen LogP contribution in [0.2, 0.25) is 0 Å². The van der Waals surface area contributed by atoms with Gasteiger partial charge < -0.3 is 9.73 Å². The number of nitrogens with zero attached hydrogens (tertiary/aromatic N) is 2. The Hall–Kier alpha value is -3.36. The first-order valence-corrected chi connectivity index (χ1v) is 7.88. The van der Waals surface area contributed by atoms with E-state index in [1.807, 2.05) is 0 Å². The monoisotopic (exact) mass is 377 g/mol. The summed E-state index contributed by atoms with van der Waals surface area (Å²) in [7, 11) is 0. The van der Waals surface area contributed by atoms with Crippen molar-refractivity contribution in [3.05, 3.63) is 76.5 Å². The van der Waals surface area contributed by atoms with Crippen LogP contribution in [0.3, 0.4) is 0 Å². The van der Waals surface area contributed by atoms with Crippen molar-refractivity contribution in [3.63, 3.8) is 0 Å². The van der Waals surface area contributed by atoms with Crippen LogP contribution in [-0.2, 0) is 24.1 Å².